The molecule has 0 heterocycles. The van der Waals surface area contributed by atoms with Crippen LogP contribution in [0.3, 0.4) is 0 Å². The average molecular weight is 263 g/mol. The molecule has 0 spiro atoms. The Labute approximate surface area is 108 Å². The van der Waals surface area contributed by atoms with Crippen molar-refractivity contribution < 1.29 is 13.6 Å². The highest BCUT2D eigenvalue weighted by atomic mass is 19.1. The second-order valence-corrected chi connectivity index (χ2v) is 3.80. The van der Waals surface area contributed by atoms with Crippen molar-refractivity contribution in [3.05, 3.63) is 54.1 Å². The number of anilines is 3. The fourth-order valence-electron chi connectivity index (χ4n) is 1.47. The van der Waals surface area contributed by atoms with Crippen LogP contribution < -0.4 is 16.4 Å². The fraction of sp³-hybridized carbons (Fsp3) is 0. The van der Waals surface area contributed by atoms with E-state index < -0.39 is 17.7 Å². The molecule has 0 saturated carbocycles. The summed E-state index contributed by atoms with van der Waals surface area (Å²) in [5.41, 5.74) is 5.60. The number of amides is 2. The van der Waals surface area contributed by atoms with E-state index in [1.807, 2.05) is 0 Å². The number of nitrogens with two attached hydrogens (primary N) is 1. The fourth-order valence-corrected chi connectivity index (χ4v) is 1.47. The molecular formula is C13H11F2N3O. The highest BCUT2D eigenvalue weighted by Crippen LogP contribution is 2.18. The van der Waals surface area contributed by atoms with Gasteiger partial charge in [-0.25, -0.2) is 13.6 Å². The number of hydrogen-bond donors (Lipinski definition) is 3. The highest BCUT2D eigenvalue weighted by Gasteiger charge is 2.09. The molecule has 0 aliphatic rings. The molecule has 2 amide bonds. The van der Waals surface area contributed by atoms with Gasteiger partial charge in [0.15, 0.2) is 0 Å². The van der Waals surface area contributed by atoms with Crippen molar-refractivity contribution in [2.24, 2.45) is 0 Å². The monoisotopic (exact) mass is 263 g/mol. The van der Waals surface area contributed by atoms with Crippen LogP contribution in [0, 0.1) is 11.6 Å². The standard InChI is InChI=1S/C13H11F2N3O/c14-9-3-1-2-4-11(9)17-13(19)18-12-6-5-8(16)7-10(12)15/h1-7H,16H2,(H2,17,18,19). The molecular weight excluding hydrogens is 252 g/mol. The maximum absolute atomic E-state index is 13.4. The summed E-state index contributed by atoms with van der Waals surface area (Å²) in [5, 5.41) is 4.54. The summed E-state index contributed by atoms with van der Waals surface area (Å²) in [6.07, 6.45) is 0. The third kappa shape index (κ3) is 3.19. The molecule has 0 saturated heterocycles. The number of halogens is 2. The topological polar surface area (TPSA) is 67.1 Å². The van der Waals surface area contributed by atoms with Gasteiger partial charge in [-0.05, 0) is 30.3 Å². The first kappa shape index (κ1) is 12.8. The van der Waals surface area contributed by atoms with Gasteiger partial charge >= 0.3 is 6.03 Å². The second kappa shape index (κ2) is 5.34. The Morgan fingerprint density at radius 3 is 2.21 bits per heavy atom. The van der Waals surface area contributed by atoms with Crippen molar-refractivity contribution in [3.8, 4) is 0 Å². The molecule has 0 aliphatic carbocycles. The van der Waals surface area contributed by atoms with Crippen molar-refractivity contribution in [3.63, 3.8) is 0 Å². The highest BCUT2D eigenvalue weighted by molar-refractivity contribution is 5.99. The molecule has 6 heteroatoms. The lowest BCUT2D eigenvalue weighted by atomic mass is 10.2. The third-order valence-corrected chi connectivity index (χ3v) is 2.36. The van der Waals surface area contributed by atoms with E-state index in [9.17, 15) is 13.6 Å². The van der Waals surface area contributed by atoms with E-state index in [-0.39, 0.29) is 17.1 Å². The molecule has 0 fully saturated rings. The van der Waals surface area contributed by atoms with E-state index in [0.29, 0.717) is 0 Å². The number of carbonyl (C=O) groups is 1. The predicted molar refractivity (Wildman–Crippen MR) is 69.9 cm³/mol. The Balaban J connectivity index is 2.08. The lowest BCUT2D eigenvalue weighted by molar-refractivity contribution is 0.262. The summed E-state index contributed by atoms with van der Waals surface area (Å²) < 4.78 is 26.7. The van der Waals surface area contributed by atoms with Gasteiger partial charge in [-0.3, -0.25) is 0 Å². The van der Waals surface area contributed by atoms with Crippen LogP contribution in [0.5, 0.6) is 0 Å². The van der Waals surface area contributed by atoms with Gasteiger partial charge in [0.1, 0.15) is 11.6 Å². The van der Waals surface area contributed by atoms with E-state index in [0.717, 1.165) is 6.07 Å². The molecule has 0 aliphatic heterocycles. The van der Waals surface area contributed by atoms with E-state index in [2.05, 4.69) is 10.6 Å². The molecule has 19 heavy (non-hydrogen) atoms. The molecule has 2 aromatic rings. The quantitative estimate of drug-likeness (QED) is 0.728. The molecule has 4 N–H and O–H groups in total. The minimum Gasteiger partial charge on any atom is -0.399 e. The molecule has 4 nitrogen and oxygen atoms in total. The van der Waals surface area contributed by atoms with Gasteiger partial charge < -0.3 is 16.4 Å². The van der Waals surface area contributed by atoms with E-state index in [1.54, 1.807) is 6.07 Å². The zero-order valence-electron chi connectivity index (χ0n) is 9.78. The van der Waals surface area contributed by atoms with Crippen LogP contribution in [0.2, 0.25) is 0 Å². The number of benzene rings is 2. The summed E-state index contributed by atoms with van der Waals surface area (Å²) in [6, 6.07) is 8.79. The normalized spacial score (nSPS) is 10.0. The van der Waals surface area contributed by atoms with Crippen LogP contribution in [0.15, 0.2) is 42.5 Å². The van der Waals surface area contributed by atoms with Gasteiger partial charge in [-0.2, -0.15) is 0 Å². The van der Waals surface area contributed by atoms with Crippen molar-refractivity contribution >= 4 is 23.1 Å². The van der Waals surface area contributed by atoms with Crippen molar-refractivity contribution in [2.45, 2.75) is 0 Å². The van der Waals surface area contributed by atoms with Gasteiger partial charge in [0, 0.05) is 5.69 Å². The molecule has 0 bridgehead atoms. The first-order chi connectivity index (χ1) is 9.06. The number of nitrogen functional groups attached to an aromatic ring is 1. The number of nitrogens with one attached hydrogen (secondary N) is 2. The van der Waals surface area contributed by atoms with Gasteiger partial charge in [0.25, 0.3) is 0 Å². The minimum absolute atomic E-state index is 0.0100. The van der Waals surface area contributed by atoms with Crippen LogP contribution in [-0.4, -0.2) is 6.03 Å². The minimum atomic E-state index is -0.742. The molecule has 0 atom stereocenters. The number of carbonyl (C=O) groups excluding carboxylic acids is 1. The van der Waals surface area contributed by atoms with Crippen LogP contribution in [0.25, 0.3) is 0 Å². The van der Waals surface area contributed by atoms with Crippen molar-refractivity contribution in [1.29, 1.82) is 0 Å². The summed E-state index contributed by atoms with van der Waals surface area (Å²) in [4.78, 5) is 11.6. The van der Waals surface area contributed by atoms with Crippen LogP contribution in [0.4, 0.5) is 30.6 Å². The zero-order valence-corrected chi connectivity index (χ0v) is 9.78. The first-order valence-electron chi connectivity index (χ1n) is 5.44. The number of para-hydroxylation sites is 1. The van der Waals surface area contributed by atoms with Gasteiger partial charge in [0.05, 0.1) is 11.4 Å². The van der Waals surface area contributed by atoms with Crippen LogP contribution in [0.1, 0.15) is 0 Å². The SMILES string of the molecule is Nc1ccc(NC(=O)Nc2ccccc2F)c(F)c1. The van der Waals surface area contributed by atoms with Crippen molar-refractivity contribution in [2.75, 3.05) is 16.4 Å². The van der Waals surface area contributed by atoms with Crippen molar-refractivity contribution in [1.82, 2.24) is 0 Å². The average Bonchev–Trinajstić information content (AvgIpc) is 2.36. The predicted octanol–water partition coefficient (Wildman–Crippen LogP) is 3.19. The first-order valence-corrected chi connectivity index (χ1v) is 5.44. The summed E-state index contributed by atoms with van der Waals surface area (Å²) >= 11 is 0. The number of hydrogen-bond acceptors (Lipinski definition) is 2. The van der Waals surface area contributed by atoms with Gasteiger partial charge in [0.2, 0.25) is 0 Å². The summed E-state index contributed by atoms with van der Waals surface area (Å²) in [6.45, 7) is 0. The molecule has 0 aromatic heterocycles. The summed E-state index contributed by atoms with van der Waals surface area (Å²) in [5.74, 6) is -1.24. The summed E-state index contributed by atoms with van der Waals surface area (Å²) in [7, 11) is 0. The van der Waals surface area contributed by atoms with E-state index >= 15 is 0 Å². The molecule has 0 unspecified atom stereocenters. The van der Waals surface area contributed by atoms with Crippen LogP contribution in [-0.2, 0) is 0 Å². The third-order valence-electron chi connectivity index (χ3n) is 2.36. The molecule has 2 rings (SSSR count). The lowest BCUT2D eigenvalue weighted by Crippen LogP contribution is -2.20. The Hall–Kier alpha value is -2.63. The Morgan fingerprint density at radius 2 is 1.58 bits per heavy atom. The zero-order chi connectivity index (χ0) is 13.8. The Bertz CT molecular complexity index is 617. The molecule has 98 valence electrons. The molecule has 2 aromatic carbocycles. The maximum Gasteiger partial charge on any atom is 0.323 e. The van der Waals surface area contributed by atoms with E-state index in [4.69, 9.17) is 5.73 Å². The lowest BCUT2D eigenvalue weighted by Gasteiger charge is -2.09. The smallest absolute Gasteiger partial charge is 0.323 e. The second-order valence-electron chi connectivity index (χ2n) is 3.80. The van der Waals surface area contributed by atoms with Crippen LogP contribution >= 0.6 is 0 Å². The Kier molecular flexibility index (Phi) is 3.61. The number of rotatable bonds is 2. The van der Waals surface area contributed by atoms with E-state index in [1.165, 1.54) is 30.3 Å². The molecule has 0 radical (unpaired) electrons. The van der Waals surface area contributed by atoms with Gasteiger partial charge in [-0.15, -0.1) is 0 Å². The van der Waals surface area contributed by atoms with Gasteiger partial charge in [-0.1, -0.05) is 12.1 Å². The number of urea groups is 1. The largest absolute Gasteiger partial charge is 0.399 e. The Morgan fingerprint density at radius 1 is 0.947 bits per heavy atom. The maximum atomic E-state index is 13.4.